The molecule has 0 aliphatic carbocycles. The van der Waals surface area contributed by atoms with Crippen LogP contribution in [0.1, 0.15) is 42.1 Å². The molecule has 0 radical (unpaired) electrons. The molecule has 4 heterocycles. The number of aryl methyl sites for hydroxylation is 2. The van der Waals surface area contributed by atoms with E-state index < -0.39 is 0 Å². The van der Waals surface area contributed by atoms with Crippen LogP contribution in [0.3, 0.4) is 0 Å². The van der Waals surface area contributed by atoms with Gasteiger partial charge in [-0.3, -0.25) is 9.88 Å². The van der Waals surface area contributed by atoms with Crippen LogP contribution >= 0.6 is 0 Å². The number of anilines is 1. The minimum Gasteiger partial charge on any atom is -0.370 e. The lowest BCUT2D eigenvalue weighted by Crippen LogP contribution is -2.31. The maximum atomic E-state index is 9.24. The number of nitriles is 1. The zero-order valence-corrected chi connectivity index (χ0v) is 20.1. The first-order valence-corrected chi connectivity index (χ1v) is 12.4. The highest BCUT2D eigenvalue weighted by Gasteiger charge is 2.43. The lowest BCUT2D eigenvalue weighted by Gasteiger charge is -2.26. The fourth-order valence-electron chi connectivity index (χ4n) is 6.18. The van der Waals surface area contributed by atoms with E-state index in [0.717, 1.165) is 50.2 Å². The summed E-state index contributed by atoms with van der Waals surface area (Å²) in [5.74, 6) is 0. The van der Waals surface area contributed by atoms with Crippen molar-refractivity contribution in [3.8, 4) is 6.07 Å². The Morgan fingerprint density at radius 1 is 1.06 bits per heavy atom. The van der Waals surface area contributed by atoms with E-state index in [2.05, 4.69) is 76.1 Å². The van der Waals surface area contributed by atoms with Crippen LogP contribution in [0.5, 0.6) is 0 Å². The molecule has 2 saturated heterocycles. The molecule has 0 bridgehead atoms. The molecule has 1 atom stereocenters. The van der Waals surface area contributed by atoms with Crippen molar-refractivity contribution in [2.45, 2.75) is 39.7 Å². The van der Waals surface area contributed by atoms with Gasteiger partial charge in [-0.2, -0.15) is 5.26 Å². The molecular formula is C29H31N5. The summed E-state index contributed by atoms with van der Waals surface area (Å²) in [6.45, 7) is 9.94. The summed E-state index contributed by atoms with van der Waals surface area (Å²) in [6.07, 6.45) is 5.53. The molecule has 4 aromatic rings. The van der Waals surface area contributed by atoms with Gasteiger partial charge in [0.1, 0.15) is 11.8 Å². The number of likely N-dealkylation sites (tertiary alicyclic amines) is 1. The predicted octanol–water partition coefficient (Wildman–Crippen LogP) is 5.56. The number of hydrogen-bond donors (Lipinski definition) is 1. The van der Waals surface area contributed by atoms with Crippen LogP contribution in [-0.4, -0.2) is 41.0 Å². The first kappa shape index (κ1) is 21.2. The summed E-state index contributed by atoms with van der Waals surface area (Å²) >= 11 is 0. The van der Waals surface area contributed by atoms with E-state index in [-0.39, 0.29) is 0 Å². The van der Waals surface area contributed by atoms with E-state index in [1.54, 1.807) is 0 Å². The summed E-state index contributed by atoms with van der Waals surface area (Å²) in [6, 6.07) is 17.5. The van der Waals surface area contributed by atoms with Crippen LogP contribution in [0.4, 0.5) is 5.69 Å². The monoisotopic (exact) mass is 449 g/mol. The first-order valence-electron chi connectivity index (χ1n) is 12.4. The van der Waals surface area contributed by atoms with Gasteiger partial charge in [-0.05, 0) is 79.8 Å². The molecule has 0 unspecified atom stereocenters. The summed E-state index contributed by atoms with van der Waals surface area (Å²) < 4.78 is 0. The number of H-pyrrole nitrogens is 1. The minimum absolute atomic E-state index is 0.373. The molecule has 34 heavy (non-hydrogen) atoms. The summed E-state index contributed by atoms with van der Waals surface area (Å²) in [4.78, 5) is 13.1. The summed E-state index contributed by atoms with van der Waals surface area (Å²) in [5, 5.41) is 11.7. The number of aromatic nitrogens is 2. The number of benzene rings is 2. The zero-order chi connectivity index (χ0) is 23.3. The molecule has 2 aliphatic rings. The van der Waals surface area contributed by atoms with Crippen molar-refractivity contribution < 1.29 is 0 Å². The molecule has 5 heteroatoms. The average molecular weight is 450 g/mol. The van der Waals surface area contributed by atoms with Crippen LogP contribution < -0.4 is 4.90 Å². The van der Waals surface area contributed by atoms with Crippen molar-refractivity contribution in [1.29, 1.82) is 5.26 Å². The van der Waals surface area contributed by atoms with Crippen molar-refractivity contribution >= 4 is 27.5 Å². The van der Waals surface area contributed by atoms with Gasteiger partial charge >= 0.3 is 0 Å². The van der Waals surface area contributed by atoms with Crippen molar-refractivity contribution in [2.75, 3.05) is 31.1 Å². The van der Waals surface area contributed by atoms with Crippen LogP contribution in [0.15, 0.2) is 48.7 Å². The number of hydrogen-bond acceptors (Lipinski definition) is 4. The third-order valence-corrected chi connectivity index (χ3v) is 8.19. The number of pyridine rings is 1. The molecule has 0 saturated carbocycles. The predicted molar refractivity (Wildman–Crippen MR) is 138 cm³/mol. The second kappa shape index (κ2) is 8.14. The molecule has 2 aliphatic heterocycles. The van der Waals surface area contributed by atoms with E-state index in [4.69, 9.17) is 0 Å². The molecule has 1 N–H and O–H groups in total. The Hall–Kier alpha value is -3.36. The third-order valence-electron chi connectivity index (χ3n) is 8.19. The summed E-state index contributed by atoms with van der Waals surface area (Å²) in [7, 11) is 0. The van der Waals surface area contributed by atoms with Gasteiger partial charge in [0.05, 0.1) is 5.52 Å². The lowest BCUT2D eigenvalue weighted by molar-refractivity contribution is 0.270. The largest absolute Gasteiger partial charge is 0.370 e. The molecule has 1 spiro atoms. The number of rotatable bonds is 4. The van der Waals surface area contributed by atoms with Gasteiger partial charge in [0.2, 0.25) is 0 Å². The van der Waals surface area contributed by atoms with E-state index in [0.29, 0.717) is 11.1 Å². The van der Waals surface area contributed by atoms with Crippen LogP contribution in [0.2, 0.25) is 0 Å². The van der Waals surface area contributed by atoms with Gasteiger partial charge in [-0.1, -0.05) is 19.1 Å². The van der Waals surface area contributed by atoms with Gasteiger partial charge in [-0.25, -0.2) is 0 Å². The van der Waals surface area contributed by atoms with E-state index in [1.165, 1.54) is 46.0 Å². The van der Waals surface area contributed by atoms with Crippen LogP contribution in [0.25, 0.3) is 21.8 Å². The molecule has 2 aromatic carbocycles. The fraction of sp³-hybridized carbons (Fsp3) is 0.379. The van der Waals surface area contributed by atoms with E-state index >= 15 is 0 Å². The average Bonchev–Trinajstić information content (AvgIpc) is 3.59. The Balaban J connectivity index is 1.20. The second-order valence-electron chi connectivity index (χ2n) is 10.3. The molecule has 5 nitrogen and oxygen atoms in total. The second-order valence-corrected chi connectivity index (χ2v) is 10.3. The normalized spacial score (nSPS) is 20.7. The lowest BCUT2D eigenvalue weighted by atomic mass is 9.86. The van der Waals surface area contributed by atoms with E-state index in [1.807, 2.05) is 12.3 Å². The molecule has 2 fully saturated rings. The first-order chi connectivity index (χ1) is 16.6. The number of nitrogens with zero attached hydrogens (tertiary/aromatic N) is 4. The van der Waals surface area contributed by atoms with Crippen molar-refractivity contribution in [3.05, 3.63) is 71.0 Å². The van der Waals surface area contributed by atoms with E-state index in [9.17, 15) is 5.26 Å². The van der Waals surface area contributed by atoms with Gasteiger partial charge in [0.25, 0.3) is 0 Å². The zero-order valence-electron chi connectivity index (χ0n) is 20.1. The Bertz CT molecular complexity index is 1430. The molecule has 2 aromatic heterocycles. The van der Waals surface area contributed by atoms with Crippen LogP contribution in [0, 0.1) is 23.7 Å². The standard InChI is InChI=1S/C29H31N5/c1-3-21-4-6-26-25(14-21)28(8-11-31-26)34-13-10-29(19-34)9-12-33(18-29)17-22-5-7-27-24(20(22)2)15-23(16-30)32-27/h4-8,11,14-15,32H,3,9-10,12-13,17-19H2,1-2H3/t29-/m1/s1. The molecule has 6 rings (SSSR count). The highest BCUT2D eigenvalue weighted by Crippen LogP contribution is 2.43. The highest BCUT2D eigenvalue weighted by molar-refractivity contribution is 5.92. The maximum absolute atomic E-state index is 9.24. The number of fused-ring (bicyclic) bond motifs is 2. The van der Waals surface area contributed by atoms with Gasteiger partial charge in [-0.15, -0.1) is 0 Å². The van der Waals surface area contributed by atoms with Gasteiger partial charge in [0.15, 0.2) is 0 Å². The fourth-order valence-corrected chi connectivity index (χ4v) is 6.18. The highest BCUT2D eigenvalue weighted by atomic mass is 15.2. The number of nitrogens with one attached hydrogen (secondary N) is 1. The van der Waals surface area contributed by atoms with Gasteiger partial charge < -0.3 is 9.88 Å². The van der Waals surface area contributed by atoms with Crippen molar-refractivity contribution in [1.82, 2.24) is 14.9 Å². The Kier molecular flexibility index (Phi) is 5.08. The maximum Gasteiger partial charge on any atom is 0.118 e. The number of aromatic amines is 1. The topological polar surface area (TPSA) is 59.0 Å². The van der Waals surface area contributed by atoms with Gasteiger partial charge in [0, 0.05) is 59.8 Å². The Morgan fingerprint density at radius 2 is 1.94 bits per heavy atom. The SMILES string of the molecule is CCc1ccc2nccc(N3CC[C@@]4(CCN(Cc5ccc6[nH]c(C#N)cc6c5C)C4)C3)c2c1. The smallest absolute Gasteiger partial charge is 0.118 e. The third kappa shape index (κ3) is 3.54. The minimum atomic E-state index is 0.373. The molecule has 172 valence electrons. The molecular weight excluding hydrogens is 418 g/mol. The molecule has 0 amide bonds. The van der Waals surface area contributed by atoms with Crippen molar-refractivity contribution in [3.63, 3.8) is 0 Å². The van der Waals surface area contributed by atoms with Crippen LogP contribution in [-0.2, 0) is 13.0 Å². The quantitative estimate of drug-likeness (QED) is 0.443. The Labute approximate surface area is 201 Å². The van der Waals surface area contributed by atoms with Crippen molar-refractivity contribution in [2.24, 2.45) is 5.41 Å². The Morgan fingerprint density at radius 3 is 2.79 bits per heavy atom. The summed E-state index contributed by atoms with van der Waals surface area (Å²) in [5.41, 5.74) is 8.54.